The van der Waals surface area contributed by atoms with Crippen molar-refractivity contribution in [3.63, 3.8) is 0 Å². The van der Waals surface area contributed by atoms with Crippen molar-refractivity contribution in [2.45, 2.75) is 27.2 Å². The first-order valence-corrected chi connectivity index (χ1v) is 8.24. The number of para-hydroxylation sites is 1. The predicted molar refractivity (Wildman–Crippen MR) is 99.8 cm³/mol. The van der Waals surface area contributed by atoms with Crippen molar-refractivity contribution in [3.05, 3.63) is 48.5 Å². The van der Waals surface area contributed by atoms with E-state index in [1.54, 1.807) is 0 Å². The summed E-state index contributed by atoms with van der Waals surface area (Å²) < 4.78 is 0. The van der Waals surface area contributed by atoms with E-state index in [0.717, 1.165) is 45.2 Å². The molecule has 0 spiro atoms. The van der Waals surface area contributed by atoms with Crippen LogP contribution in [0.1, 0.15) is 26.5 Å². The number of hydrogen-bond donors (Lipinski definition) is 2. The summed E-state index contributed by atoms with van der Waals surface area (Å²) in [6.07, 6.45) is 4.23. The number of hydrogen-bond acceptors (Lipinski definition) is 4. The smallest absolute Gasteiger partial charge is 0.143 e. The molecule has 24 heavy (non-hydrogen) atoms. The number of rotatable bonds is 2. The second kappa shape index (κ2) is 6.66. The number of benzene rings is 1. The molecule has 5 nitrogen and oxygen atoms in total. The van der Waals surface area contributed by atoms with Crippen molar-refractivity contribution in [1.82, 2.24) is 19.9 Å². The Morgan fingerprint density at radius 2 is 1.88 bits per heavy atom. The van der Waals surface area contributed by atoms with Gasteiger partial charge in [0.2, 0.25) is 0 Å². The maximum absolute atomic E-state index is 6.08. The summed E-state index contributed by atoms with van der Waals surface area (Å²) in [5, 5.41) is 1.98. The Kier molecular flexibility index (Phi) is 4.42. The Morgan fingerprint density at radius 3 is 2.67 bits per heavy atom. The van der Waals surface area contributed by atoms with Gasteiger partial charge in [0, 0.05) is 28.4 Å². The lowest BCUT2D eigenvalue weighted by Gasteiger charge is -2.06. The van der Waals surface area contributed by atoms with Gasteiger partial charge in [-0.25, -0.2) is 9.97 Å². The number of fused-ring (bicyclic) bond motifs is 2. The van der Waals surface area contributed by atoms with Gasteiger partial charge < -0.3 is 10.7 Å². The standard InChI is InChI=1S/C17H15N5.C2H6/c1-2-12-14(15-16(18)20-9-21-17(15)22-12)11-7-10-5-3-4-6-13(10)19-8-11;1-2/h3-9H,2H2,1H3,(H3,18,20,21,22);1-2H3. The number of anilines is 1. The fourth-order valence-electron chi connectivity index (χ4n) is 2.89. The van der Waals surface area contributed by atoms with Gasteiger partial charge in [-0.1, -0.05) is 39.0 Å². The Hall–Kier alpha value is -2.95. The van der Waals surface area contributed by atoms with Crippen LogP contribution in [0, 0.1) is 0 Å². The summed E-state index contributed by atoms with van der Waals surface area (Å²) in [7, 11) is 0. The van der Waals surface area contributed by atoms with E-state index in [1.165, 1.54) is 6.33 Å². The van der Waals surface area contributed by atoms with Gasteiger partial charge in [0.05, 0.1) is 10.9 Å². The molecule has 0 saturated heterocycles. The van der Waals surface area contributed by atoms with Gasteiger partial charge in [0.25, 0.3) is 0 Å². The molecule has 0 fully saturated rings. The number of aromatic amines is 1. The zero-order valence-electron chi connectivity index (χ0n) is 14.2. The monoisotopic (exact) mass is 319 g/mol. The molecule has 5 heteroatoms. The van der Waals surface area contributed by atoms with E-state index in [1.807, 2.05) is 38.2 Å². The van der Waals surface area contributed by atoms with Crippen molar-refractivity contribution in [3.8, 4) is 11.1 Å². The Morgan fingerprint density at radius 1 is 1.08 bits per heavy atom. The Balaban J connectivity index is 0.000000815. The zero-order chi connectivity index (χ0) is 17.1. The lowest BCUT2D eigenvalue weighted by molar-refractivity contribution is 1.07. The van der Waals surface area contributed by atoms with E-state index in [0.29, 0.717) is 5.82 Å². The molecule has 122 valence electrons. The topological polar surface area (TPSA) is 80.5 Å². The third-order valence-electron chi connectivity index (χ3n) is 3.93. The minimum atomic E-state index is 0.490. The number of pyridine rings is 1. The molecule has 0 bridgehead atoms. The fraction of sp³-hybridized carbons (Fsp3) is 0.211. The number of nitrogen functional groups attached to an aromatic ring is 1. The minimum Gasteiger partial charge on any atom is -0.383 e. The Bertz CT molecular complexity index is 988. The molecule has 4 aromatic rings. The number of nitrogens with one attached hydrogen (secondary N) is 1. The summed E-state index contributed by atoms with van der Waals surface area (Å²) in [6.45, 7) is 6.10. The third-order valence-corrected chi connectivity index (χ3v) is 3.93. The molecule has 0 aliphatic rings. The predicted octanol–water partition coefficient (Wildman–Crippen LogP) is 4.34. The van der Waals surface area contributed by atoms with Crippen molar-refractivity contribution in [1.29, 1.82) is 0 Å². The molecule has 0 aliphatic carbocycles. The van der Waals surface area contributed by atoms with Crippen LogP contribution in [0.15, 0.2) is 42.9 Å². The summed E-state index contributed by atoms with van der Waals surface area (Å²) in [6, 6.07) is 10.2. The largest absolute Gasteiger partial charge is 0.383 e. The lowest BCUT2D eigenvalue weighted by Crippen LogP contribution is -1.93. The molecule has 0 saturated carbocycles. The summed E-state index contributed by atoms with van der Waals surface area (Å²) >= 11 is 0. The zero-order valence-corrected chi connectivity index (χ0v) is 14.2. The highest BCUT2D eigenvalue weighted by Gasteiger charge is 2.16. The molecule has 4 rings (SSSR count). The van der Waals surface area contributed by atoms with Crippen LogP contribution in [0.3, 0.4) is 0 Å². The van der Waals surface area contributed by atoms with E-state index in [9.17, 15) is 0 Å². The number of H-pyrrole nitrogens is 1. The molecule has 3 N–H and O–H groups in total. The fourth-order valence-corrected chi connectivity index (χ4v) is 2.89. The Labute approximate surface area is 141 Å². The van der Waals surface area contributed by atoms with Gasteiger partial charge in [0.1, 0.15) is 17.8 Å². The molecule has 3 aromatic heterocycles. The molecule has 0 aliphatic heterocycles. The first kappa shape index (κ1) is 15.9. The van der Waals surface area contributed by atoms with Gasteiger partial charge in [0.15, 0.2) is 0 Å². The van der Waals surface area contributed by atoms with Gasteiger partial charge >= 0.3 is 0 Å². The van der Waals surface area contributed by atoms with Crippen molar-refractivity contribution < 1.29 is 0 Å². The summed E-state index contributed by atoms with van der Waals surface area (Å²) in [5.74, 6) is 0.490. The third kappa shape index (κ3) is 2.58. The van der Waals surface area contributed by atoms with Crippen LogP contribution in [0.5, 0.6) is 0 Å². The van der Waals surface area contributed by atoms with Crippen LogP contribution >= 0.6 is 0 Å². The SMILES string of the molecule is CC.CCc1[nH]c2ncnc(N)c2c1-c1cnc2ccccc2c1. The van der Waals surface area contributed by atoms with Gasteiger partial charge in [-0.3, -0.25) is 4.98 Å². The summed E-state index contributed by atoms with van der Waals surface area (Å²) in [5.41, 5.74) is 11.0. The number of nitrogens with two attached hydrogens (primary N) is 1. The molecule has 1 aromatic carbocycles. The van der Waals surface area contributed by atoms with Gasteiger partial charge in [-0.05, 0) is 18.6 Å². The first-order valence-electron chi connectivity index (χ1n) is 8.24. The maximum atomic E-state index is 6.08. The lowest BCUT2D eigenvalue weighted by atomic mass is 10.0. The van der Waals surface area contributed by atoms with E-state index < -0.39 is 0 Å². The van der Waals surface area contributed by atoms with Crippen LogP contribution in [0.2, 0.25) is 0 Å². The molecular formula is C19H21N5. The number of aromatic nitrogens is 4. The van der Waals surface area contributed by atoms with E-state index >= 15 is 0 Å². The number of nitrogens with zero attached hydrogens (tertiary/aromatic N) is 3. The van der Waals surface area contributed by atoms with Crippen LogP contribution in [0.25, 0.3) is 33.1 Å². The van der Waals surface area contributed by atoms with Crippen molar-refractivity contribution >= 4 is 27.8 Å². The first-order chi connectivity index (χ1) is 11.8. The quantitative estimate of drug-likeness (QED) is 0.576. The molecular weight excluding hydrogens is 298 g/mol. The molecule has 3 heterocycles. The average Bonchev–Trinajstić information content (AvgIpc) is 3.03. The molecule has 0 amide bonds. The highest BCUT2D eigenvalue weighted by molar-refractivity contribution is 6.02. The average molecular weight is 319 g/mol. The maximum Gasteiger partial charge on any atom is 0.143 e. The van der Waals surface area contributed by atoms with Crippen LogP contribution in [-0.4, -0.2) is 19.9 Å². The minimum absolute atomic E-state index is 0.490. The highest BCUT2D eigenvalue weighted by Crippen LogP contribution is 2.35. The van der Waals surface area contributed by atoms with Crippen LogP contribution in [0.4, 0.5) is 5.82 Å². The van der Waals surface area contributed by atoms with Crippen molar-refractivity contribution in [2.24, 2.45) is 0 Å². The molecule has 0 atom stereocenters. The normalized spacial score (nSPS) is 10.6. The van der Waals surface area contributed by atoms with Crippen molar-refractivity contribution in [2.75, 3.05) is 5.73 Å². The van der Waals surface area contributed by atoms with E-state index in [2.05, 4.69) is 39.0 Å². The second-order valence-electron chi connectivity index (χ2n) is 5.23. The highest BCUT2D eigenvalue weighted by atomic mass is 15.0. The van der Waals surface area contributed by atoms with Crippen LogP contribution < -0.4 is 5.73 Å². The van der Waals surface area contributed by atoms with Gasteiger partial charge in [-0.2, -0.15) is 0 Å². The van der Waals surface area contributed by atoms with E-state index in [4.69, 9.17) is 5.73 Å². The van der Waals surface area contributed by atoms with Gasteiger partial charge in [-0.15, -0.1) is 0 Å². The molecule has 0 unspecified atom stereocenters. The second-order valence-corrected chi connectivity index (χ2v) is 5.23. The summed E-state index contributed by atoms with van der Waals surface area (Å²) in [4.78, 5) is 16.3. The van der Waals surface area contributed by atoms with E-state index in [-0.39, 0.29) is 0 Å². The number of aryl methyl sites for hydroxylation is 1. The molecule has 0 radical (unpaired) electrons. The van der Waals surface area contributed by atoms with Crippen LogP contribution in [-0.2, 0) is 6.42 Å².